The molecule has 0 saturated heterocycles. The van der Waals surface area contributed by atoms with Crippen LogP contribution >= 0.6 is 11.3 Å². The lowest BCUT2D eigenvalue weighted by Crippen LogP contribution is -1.90. The summed E-state index contributed by atoms with van der Waals surface area (Å²) in [6.07, 6.45) is 1.71. The third kappa shape index (κ3) is 1.61. The van der Waals surface area contributed by atoms with Gasteiger partial charge in [0.05, 0.1) is 23.4 Å². The van der Waals surface area contributed by atoms with Crippen molar-refractivity contribution in [1.82, 2.24) is 9.97 Å². The molecule has 0 aliphatic carbocycles. The van der Waals surface area contributed by atoms with Crippen LogP contribution < -0.4 is 4.74 Å². The number of ether oxygens (including phenoxy) is 1. The van der Waals surface area contributed by atoms with Gasteiger partial charge in [-0.25, -0.2) is 9.97 Å². The summed E-state index contributed by atoms with van der Waals surface area (Å²) in [6.45, 7) is 1.98. The van der Waals surface area contributed by atoms with E-state index >= 15 is 0 Å². The van der Waals surface area contributed by atoms with Crippen molar-refractivity contribution in [2.24, 2.45) is 0 Å². The smallest absolute Gasteiger partial charge is 0.222 e. The molecular weight excluding hydrogens is 196 g/mol. The Balaban J connectivity index is 2.50. The van der Waals surface area contributed by atoms with Crippen LogP contribution in [0.15, 0.2) is 23.7 Å². The topological polar surface area (TPSA) is 35.0 Å². The van der Waals surface area contributed by atoms with E-state index in [2.05, 4.69) is 9.97 Å². The highest BCUT2D eigenvalue weighted by Gasteiger charge is 2.08. The van der Waals surface area contributed by atoms with E-state index in [1.54, 1.807) is 24.6 Å². The molecule has 0 aliphatic rings. The molecule has 0 bridgehead atoms. The van der Waals surface area contributed by atoms with Crippen molar-refractivity contribution in [2.75, 3.05) is 7.11 Å². The number of aryl methyl sites for hydroxylation is 1. The number of rotatable bonds is 2. The standard InChI is InChI=1S/C10H10N2OS/c1-7-12-9(6-14-7)8-4-3-5-11-10(8)13-2/h3-6H,1-2H3. The van der Waals surface area contributed by atoms with Crippen LogP contribution in [0.3, 0.4) is 0 Å². The minimum atomic E-state index is 0.623. The molecule has 0 N–H and O–H groups in total. The van der Waals surface area contributed by atoms with E-state index in [0.29, 0.717) is 5.88 Å². The van der Waals surface area contributed by atoms with Gasteiger partial charge in [-0.2, -0.15) is 0 Å². The second-order valence-electron chi connectivity index (χ2n) is 2.81. The summed E-state index contributed by atoms with van der Waals surface area (Å²) in [5.74, 6) is 0.623. The summed E-state index contributed by atoms with van der Waals surface area (Å²) >= 11 is 1.62. The minimum absolute atomic E-state index is 0.623. The van der Waals surface area contributed by atoms with Gasteiger partial charge in [-0.3, -0.25) is 0 Å². The van der Waals surface area contributed by atoms with Gasteiger partial charge in [-0.1, -0.05) is 0 Å². The fourth-order valence-electron chi connectivity index (χ4n) is 1.24. The molecular formula is C10H10N2OS. The zero-order chi connectivity index (χ0) is 9.97. The van der Waals surface area contributed by atoms with Crippen molar-refractivity contribution in [3.05, 3.63) is 28.7 Å². The van der Waals surface area contributed by atoms with E-state index < -0.39 is 0 Å². The van der Waals surface area contributed by atoms with Gasteiger partial charge in [-0.05, 0) is 19.1 Å². The molecule has 0 amide bonds. The average Bonchev–Trinajstić information content (AvgIpc) is 2.65. The maximum atomic E-state index is 5.16. The highest BCUT2D eigenvalue weighted by molar-refractivity contribution is 7.09. The van der Waals surface area contributed by atoms with Gasteiger partial charge < -0.3 is 4.74 Å². The van der Waals surface area contributed by atoms with Gasteiger partial charge in [0.25, 0.3) is 0 Å². The second kappa shape index (κ2) is 3.75. The van der Waals surface area contributed by atoms with Crippen LogP contribution in [0.1, 0.15) is 5.01 Å². The number of methoxy groups -OCH3 is 1. The fraction of sp³-hybridized carbons (Fsp3) is 0.200. The number of hydrogen-bond donors (Lipinski definition) is 0. The lowest BCUT2D eigenvalue weighted by molar-refractivity contribution is 0.399. The quantitative estimate of drug-likeness (QED) is 0.757. The molecule has 14 heavy (non-hydrogen) atoms. The molecule has 0 atom stereocenters. The number of pyridine rings is 1. The molecule has 72 valence electrons. The zero-order valence-electron chi connectivity index (χ0n) is 8.02. The first kappa shape index (κ1) is 9.15. The largest absolute Gasteiger partial charge is 0.481 e. The Morgan fingerprint density at radius 2 is 2.29 bits per heavy atom. The number of nitrogens with zero attached hydrogens (tertiary/aromatic N) is 2. The number of hydrogen-bond acceptors (Lipinski definition) is 4. The summed E-state index contributed by atoms with van der Waals surface area (Å²) in [7, 11) is 1.62. The Hall–Kier alpha value is -1.42. The van der Waals surface area contributed by atoms with Gasteiger partial charge in [0.2, 0.25) is 5.88 Å². The summed E-state index contributed by atoms with van der Waals surface area (Å²) < 4.78 is 5.16. The Morgan fingerprint density at radius 3 is 2.93 bits per heavy atom. The molecule has 2 aromatic rings. The van der Waals surface area contributed by atoms with E-state index in [4.69, 9.17) is 4.74 Å². The maximum absolute atomic E-state index is 5.16. The molecule has 0 aliphatic heterocycles. The fourth-order valence-corrected chi connectivity index (χ4v) is 1.85. The lowest BCUT2D eigenvalue weighted by Gasteiger charge is -2.03. The van der Waals surface area contributed by atoms with Crippen LogP contribution in [0.4, 0.5) is 0 Å². The molecule has 0 saturated carbocycles. The molecule has 0 unspecified atom stereocenters. The molecule has 3 nitrogen and oxygen atoms in total. The van der Waals surface area contributed by atoms with E-state index in [0.717, 1.165) is 16.3 Å². The van der Waals surface area contributed by atoms with Crippen molar-refractivity contribution >= 4 is 11.3 Å². The highest BCUT2D eigenvalue weighted by Crippen LogP contribution is 2.27. The molecule has 0 spiro atoms. The molecule has 0 fully saturated rings. The summed E-state index contributed by atoms with van der Waals surface area (Å²) in [4.78, 5) is 8.51. The molecule has 0 radical (unpaired) electrons. The normalized spacial score (nSPS) is 10.1. The van der Waals surface area contributed by atoms with E-state index in [9.17, 15) is 0 Å². The van der Waals surface area contributed by atoms with Crippen molar-refractivity contribution in [3.63, 3.8) is 0 Å². The SMILES string of the molecule is COc1ncccc1-c1csc(C)n1. The first-order valence-corrected chi connectivity index (χ1v) is 5.10. The highest BCUT2D eigenvalue weighted by atomic mass is 32.1. The van der Waals surface area contributed by atoms with Gasteiger partial charge in [-0.15, -0.1) is 11.3 Å². The van der Waals surface area contributed by atoms with Gasteiger partial charge in [0, 0.05) is 11.6 Å². The average molecular weight is 206 g/mol. The van der Waals surface area contributed by atoms with Crippen LogP contribution in [0, 0.1) is 6.92 Å². The van der Waals surface area contributed by atoms with E-state index in [1.165, 1.54) is 0 Å². The number of thiazole rings is 1. The Kier molecular flexibility index (Phi) is 2.45. The second-order valence-corrected chi connectivity index (χ2v) is 3.87. The number of aromatic nitrogens is 2. The first-order valence-electron chi connectivity index (χ1n) is 4.23. The first-order chi connectivity index (χ1) is 6.81. The summed E-state index contributed by atoms with van der Waals surface area (Å²) in [6, 6.07) is 3.84. The predicted molar refractivity (Wildman–Crippen MR) is 56.6 cm³/mol. The minimum Gasteiger partial charge on any atom is -0.481 e. The Morgan fingerprint density at radius 1 is 1.43 bits per heavy atom. The maximum Gasteiger partial charge on any atom is 0.222 e. The third-order valence-corrected chi connectivity index (χ3v) is 2.63. The predicted octanol–water partition coefficient (Wildman–Crippen LogP) is 2.52. The van der Waals surface area contributed by atoms with Crippen molar-refractivity contribution in [2.45, 2.75) is 6.92 Å². The van der Waals surface area contributed by atoms with Crippen LogP contribution in [0.25, 0.3) is 11.3 Å². The summed E-state index contributed by atoms with van der Waals surface area (Å²) in [5, 5.41) is 3.06. The summed E-state index contributed by atoms with van der Waals surface area (Å²) in [5.41, 5.74) is 1.87. The zero-order valence-corrected chi connectivity index (χ0v) is 8.84. The molecule has 0 aromatic carbocycles. The van der Waals surface area contributed by atoms with Crippen molar-refractivity contribution in [3.8, 4) is 17.1 Å². The van der Waals surface area contributed by atoms with Gasteiger partial charge in [0.1, 0.15) is 0 Å². The van der Waals surface area contributed by atoms with E-state index in [-0.39, 0.29) is 0 Å². The van der Waals surface area contributed by atoms with Crippen molar-refractivity contribution < 1.29 is 4.74 Å². The van der Waals surface area contributed by atoms with Gasteiger partial charge in [0.15, 0.2) is 0 Å². The Labute approximate surface area is 86.4 Å². The third-order valence-electron chi connectivity index (χ3n) is 1.86. The van der Waals surface area contributed by atoms with Crippen molar-refractivity contribution in [1.29, 1.82) is 0 Å². The lowest BCUT2D eigenvalue weighted by atomic mass is 10.2. The molecule has 4 heteroatoms. The molecule has 2 heterocycles. The Bertz CT molecular complexity index is 439. The van der Waals surface area contributed by atoms with E-state index in [1.807, 2.05) is 24.4 Å². The van der Waals surface area contributed by atoms with Crippen LogP contribution in [-0.4, -0.2) is 17.1 Å². The molecule has 2 aromatic heterocycles. The van der Waals surface area contributed by atoms with Crippen LogP contribution in [0.5, 0.6) is 5.88 Å². The monoisotopic (exact) mass is 206 g/mol. The van der Waals surface area contributed by atoms with Gasteiger partial charge >= 0.3 is 0 Å². The molecule has 2 rings (SSSR count). The van der Waals surface area contributed by atoms with Crippen LogP contribution in [-0.2, 0) is 0 Å². The van der Waals surface area contributed by atoms with Crippen LogP contribution in [0.2, 0.25) is 0 Å².